The second-order valence-corrected chi connectivity index (χ2v) is 6.84. The summed E-state index contributed by atoms with van der Waals surface area (Å²) in [6, 6.07) is 20.3. The summed E-state index contributed by atoms with van der Waals surface area (Å²) in [5, 5.41) is 7.58. The van der Waals surface area contributed by atoms with Gasteiger partial charge in [0.2, 0.25) is 0 Å². The lowest BCUT2D eigenvalue weighted by molar-refractivity contribution is -0.113. The highest BCUT2D eigenvalue weighted by Crippen LogP contribution is 2.18. The van der Waals surface area contributed by atoms with Crippen LogP contribution >= 0.6 is 11.3 Å². The van der Waals surface area contributed by atoms with Crippen molar-refractivity contribution in [2.75, 3.05) is 5.32 Å². The molecule has 136 valence electrons. The molecule has 1 heterocycles. The van der Waals surface area contributed by atoms with E-state index in [1.165, 1.54) is 11.3 Å². The minimum atomic E-state index is -0.353. The van der Waals surface area contributed by atoms with Crippen LogP contribution in [0.15, 0.2) is 77.8 Å². The van der Waals surface area contributed by atoms with Crippen molar-refractivity contribution in [3.8, 4) is 0 Å². The van der Waals surface area contributed by atoms with Gasteiger partial charge < -0.3 is 10.6 Å². The average molecular weight is 376 g/mol. The third-order valence-corrected chi connectivity index (χ3v) is 4.82. The van der Waals surface area contributed by atoms with Gasteiger partial charge in [-0.3, -0.25) is 9.59 Å². The van der Waals surface area contributed by atoms with Crippen molar-refractivity contribution in [2.24, 2.45) is 0 Å². The highest BCUT2D eigenvalue weighted by atomic mass is 32.1. The van der Waals surface area contributed by atoms with E-state index in [4.69, 9.17) is 0 Å². The van der Waals surface area contributed by atoms with E-state index in [1.54, 1.807) is 30.3 Å². The van der Waals surface area contributed by atoms with Crippen LogP contribution in [0.1, 0.15) is 27.7 Å². The zero-order chi connectivity index (χ0) is 19.1. The highest BCUT2D eigenvalue weighted by Gasteiger charge is 2.16. The van der Waals surface area contributed by atoms with Crippen LogP contribution in [-0.2, 0) is 11.2 Å². The molecule has 5 heteroatoms. The molecule has 0 saturated carbocycles. The first kappa shape index (κ1) is 18.6. The summed E-state index contributed by atoms with van der Waals surface area (Å²) in [7, 11) is 0. The van der Waals surface area contributed by atoms with Gasteiger partial charge in [-0.2, -0.15) is 0 Å². The molecule has 0 radical (unpaired) electrons. The molecule has 0 saturated heterocycles. The summed E-state index contributed by atoms with van der Waals surface area (Å²) in [6.07, 6.45) is 2.49. The van der Waals surface area contributed by atoms with E-state index < -0.39 is 0 Å². The number of hydrogen-bond acceptors (Lipinski definition) is 3. The van der Waals surface area contributed by atoms with Crippen LogP contribution in [0.3, 0.4) is 0 Å². The van der Waals surface area contributed by atoms with E-state index in [2.05, 4.69) is 10.6 Å². The molecule has 0 aliphatic heterocycles. The SMILES string of the molecule is CCc1ccccc1NC(=O)/C(=C/c1cccs1)NC(=O)c1ccccc1. The fourth-order valence-corrected chi connectivity index (χ4v) is 3.26. The standard InChI is InChI=1S/C22H20N2O2S/c1-2-16-9-6-7-13-19(16)23-22(26)20(15-18-12-8-14-27-18)24-21(25)17-10-4-3-5-11-17/h3-15H,2H2,1H3,(H,23,26)(H,24,25)/b20-15-. The molecule has 1 aromatic heterocycles. The average Bonchev–Trinajstić information content (AvgIpc) is 3.21. The Hall–Kier alpha value is -3.18. The third-order valence-electron chi connectivity index (χ3n) is 4.01. The molecule has 0 atom stereocenters. The molecule has 3 aromatic rings. The molecular weight excluding hydrogens is 356 g/mol. The largest absolute Gasteiger partial charge is 0.320 e. The van der Waals surface area contributed by atoms with E-state index in [0.717, 1.165) is 22.5 Å². The Balaban J connectivity index is 1.86. The maximum Gasteiger partial charge on any atom is 0.272 e. The summed E-state index contributed by atoms with van der Waals surface area (Å²) >= 11 is 1.50. The molecule has 4 nitrogen and oxygen atoms in total. The van der Waals surface area contributed by atoms with Crippen LogP contribution in [0, 0.1) is 0 Å². The van der Waals surface area contributed by atoms with Crippen LogP contribution in [-0.4, -0.2) is 11.8 Å². The van der Waals surface area contributed by atoms with Crippen LogP contribution in [0.4, 0.5) is 5.69 Å². The Morgan fingerprint density at radius 2 is 1.70 bits per heavy atom. The molecule has 2 N–H and O–H groups in total. The number of thiophene rings is 1. The van der Waals surface area contributed by atoms with Crippen molar-refractivity contribution in [2.45, 2.75) is 13.3 Å². The van der Waals surface area contributed by atoms with Crippen LogP contribution in [0.25, 0.3) is 6.08 Å². The Bertz CT molecular complexity index is 947. The van der Waals surface area contributed by atoms with Crippen molar-refractivity contribution in [3.05, 3.63) is 93.8 Å². The monoisotopic (exact) mass is 376 g/mol. The number of rotatable bonds is 6. The van der Waals surface area contributed by atoms with Gasteiger partial charge in [-0.25, -0.2) is 0 Å². The van der Waals surface area contributed by atoms with E-state index in [9.17, 15) is 9.59 Å². The molecule has 0 unspecified atom stereocenters. The number of benzene rings is 2. The molecule has 2 aromatic carbocycles. The van der Waals surface area contributed by atoms with E-state index >= 15 is 0 Å². The van der Waals surface area contributed by atoms with Crippen molar-refractivity contribution in [3.63, 3.8) is 0 Å². The fourth-order valence-electron chi connectivity index (χ4n) is 2.60. The quantitative estimate of drug-likeness (QED) is 0.612. The maximum absolute atomic E-state index is 12.9. The topological polar surface area (TPSA) is 58.2 Å². The third kappa shape index (κ3) is 4.92. The van der Waals surface area contributed by atoms with E-state index in [1.807, 2.05) is 54.8 Å². The number of nitrogens with one attached hydrogen (secondary N) is 2. The summed E-state index contributed by atoms with van der Waals surface area (Å²) in [6.45, 7) is 2.03. The van der Waals surface area contributed by atoms with Gasteiger partial charge in [-0.05, 0) is 47.7 Å². The predicted molar refractivity (Wildman–Crippen MR) is 111 cm³/mol. The number of amides is 2. The van der Waals surface area contributed by atoms with Gasteiger partial charge in [0, 0.05) is 16.1 Å². The molecule has 0 aliphatic rings. The van der Waals surface area contributed by atoms with E-state index in [-0.39, 0.29) is 17.5 Å². The number of carbonyl (C=O) groups excluding carboxylic acids is 2. The molecule has 3 rings (SSSR count). The van der Waals surface area contributed by atoms with Gasteiger partial charge >= 0.3 is 0 Å². The van der Waals surface area contributed by atoms with Crippen LogP contribution < -0.4 is 10.6 Å². The van der Waals surface area contributed by atoms with Gasteiger partial charge in [-0.15, -0.1) is 11.3 Å². The zero-order valence-electron chi connectivity index (χ0n) is 14.9. The summed E-state index contributed by atoms with van der Waals surface area (Å²) < 4.78 is 0. The van der Waals surface area contributed by atoms with Crippen molar-refractivity contribution in [1.82, 2.24) is 5.32 Å². The summed E-state index contributed by atoms with van der Waals surface area (Å²) in [5.74, 6) is -0.675. The number of para-hydroxylation sites is 1. The molecular formula is C22H20N2O2S. The first-order valence-corrected chi connectivity index (χ1v) is 9.56. The van der Waals surface area contributed by atoms with E-state index in [0.29, 0.717) is 5.56 Å². The van der Waals surface area contributed by atoms with Crippen molar-refractivity contribution in [1.29, 1.82) is 0 Å². The van der Waals surface area contributed by atoms with Gasteiger partial charge in [0.05, 0.1) is 0 Å². The number of carbonyl (C=O) groups is 2. The minimum absolute atomic E-state index is 0.206. The first-order valence-electron chi connectivity index (χ1n) is 8.68. The fraction of sp³-hybridized carbons (Fsp3) is 0.0909. The summed E-state index contributed by atoms with van der Waals surface area (Å²) in [5.41, 5.74) is 2.49. The Kier molecular flexibility index (Phi) is 6.18. The molecule has 0 spiro atoms. The van der Waals surface area contributed by atoms with Crippen LogP contribution in [0.2, 0.25) is 0 Å². The smallest absolute Gasteiger partial charge is 0.272 e. The highest BCUT2D eigenvalue weighted by molar-refractivity contribution is 7.10. The van der Waals surface area contributed by atoms with Gasteiger partial charge in [0.15, 0.2) is 0 Å². The lowest BCUT2D eigenvalue weighted by atomic mass is 10.1. The zero-order valence-corrected chi connectivity index (χ0v) is 15.8. The van der Waals surface area contributed by atoms with Gasteiger partial charge in [0.25, 0.3) is 11.8 Å². The number of hydrogen-bond donors (Lipinski definition) is 2. The Morgan fingerprint density at radius 1 is 0.963 bits per heavy atom. The second kappa shape index (κ2) is 8.96. The second-order valence-electron chi connectivity index (χ2n) is 5.86. The molecule has 0 fully saturated rings. The van der Waals surface area contributed by atoms with Crippen molar-refractivity contribution < 1.29 is 9.59 Å². The van der Waals surface area contributed by atoms with Crippen molar-refractivity contribution >= 4 is 34.9 Å². The predicted octanol–water partition coefficient (Wildman–Crippen LogP) is 4.72. The van der Waals surface area contributed by atoms with Gasteiger partial charge in [-0.1, -0.05) is 49.4 Å². The normalized spacial score (nSPS) is 11.1. The molecule has 0 bridgehead atoms. The number of aryl methyl sites for hydroxylation is 1. The first-order chi connectivity index (χ1) is 13.2. The maximum atomic E-state index is 12.9. The van der Waals surface area contributed by atoms with Gasteiger partial charge in [0.1, 0.15) is 5.70 Å². The number of anilines is 1. The van der Waals surface area contributed by atoms with Crippen LogP contribution in [0.5, 0.6) is 0 Å². The molecule has 0 aliphatic carbocycles. The Morgan fingerprint density at radius 3 is 2.41 bits per heavy atom. The lowest BCUT2D eigenvalue weighted by Gasteiger charge is -2.13. The molecule has 27 heavy (non-hydrogen) atoms. The molecule has 2 amide bonds. The lowest BCUT2D eigenvalue weighted by Crippen LogP contribution is -2.30. The Labute approximate surface area is 162 Å². The minimum Gasteiger partial charge on any atom is -0.320 e. The summed E-state index contributed by atoms with van der Waals surface area (Å²) in [4.78, 5) is 26.3.